The summed E-state index contributed by atoms with van der Waals surface area (Å²) in [6, 6.07) is 4.71. The smallest absolute Gasteiger partial charge is 0.389 e. The summed E-state index contributed by atoms with van der Waals surface area (Å²) in [7, 11) is 0. The molecule has 1 aromatic carbocycles. The lowest BCUT2D eigenvalue weighted by Gasteiger charge is -2.12. The van der Waals surface area contributed by atoms with Crippen molar-refractivity contribution in [2.75, 3.05) is 24.2 Å². The first-order chi connectivity index (χ1) is 9.83. The molecule has 0 aliphatic carbocycles. The van der Waals surface area contributed by atoms with Gasteiger partial charge in [-0.05, 0) is 38.0 Å². The molecule has 1 rings (SSSR count). The topological polar surface area (TPSA) is 64.3 Å². The minimum Gasteiger partial charge on any atom is -0.462 e. The second-order valence-corrected chi connectivity index (χ2v) is 4.52. The van der Waals surface area contributed by atoms with Gasteiger partial charge < -0.3 is 15.8 Å². The predicted octanol–water partition coefficient (Wildman–Crippen LogP) is 3.59. The Hall–Kier alpha value is -1.92. The van der Waals surface area contributed by atoms with E-state index in [1.54, 1.807) is 19.1 Å². The molecule has 0 spiro atoms. The summed E-state index contributed by atoms with van der Waals surface area (Å²) < 4.78 is 40.9. The molecule has 0 unspecified atom stereocenters. The zero-order valence-corrected chi connectivity index (χ0v) is 11.8. The number of esters is 1. The molecular weight excluding hydrogens is 285 g/mol. The molecule has 0 saturated carbocycles. The fraction of sp³-hybridized carbons (Fsp3) is 0.500. The summed E-state index contributed by atoms with van der Waals surface area (Å²) >= 11 is 0. The Morgan fingerprint density at radius 3 is 2.67 bits per heavy atom. The molecular formula is C14H19F3N2O2. The maximum Gasteiger partial charge on any atom is 0.389 e. The van der Waals surface area contributed by atoms with Crippen LogP contribution in [0.2, 0.25) is 0 Å². The molecule has 0 aliphatic heterocycles. The zero-order chi connectivity index (χ0) is 15.9. The van der Waals surface area contributed by atoms with Gasteiger partial charge in [0.1, 0.15) is 0 Å². The number of nitrogens with one attached hydrogen (secondary N) is 1. The van der Waals surface area contributed by atoms with Crippen molar-refractivity contribution < 1.29 is 22.7 Å². The quantitative estimate of drug-likeness (QED) is 0.459. The molecule has 4 nitrogen and oxygen atoms in total. The predicted molar refractivity (Wildman–Crippen MR) is 75.2 cm³/mol. The standard InChI is InChI=1S/C14H19F3N2O2/c1-2-21-13(20)11-9-10(18)5-6-12(11)19-8-4-3-7-14(15,16)17/h5-6,9,19H,2-4,7-8,18H2,1H3. The van der Waals surface area contributed by atoms with Crippen molar-refractivity contribution in [2.45, 2.75) is 32.4 Å². The largest absolute Gasteiger partial charge is 0.462 e. The molecule has 3 N–H and O–H groups in total. The van der Waals surface area contributed by atoms with Crippen molar-refractivity contribution in [1.29, 1.82) is 0 Å². The first-order valence-electron chi connectivity index (χ1n) is 6.70. The van der Waals surface area contributed by atoms with Gasteiger partial charge in [-0.2, -0.15) is 13.2 Å². The van der Waals surface area contributed by atoms with Gasteiger partial charge in [0.2, 0.25) is 0 Å². The van der Waals surface area contributed by atoms with E-state index in [2.05, 4.69) is 5.32 Å². The van der Waals surface area contributed by atoms with Gasteiger partial charge in [-0.15, -0.1) is 0 Å². The van der Waals surface area contributed by atoms with Gasteiger partial charge in [0.15, 0.2) is 0 Å². The van der Waals surface area contributed by atoms with Crippen molar-refractivity contribution in [3.63, 3.8) is 0 Å². The number of alkyl halides is 3. The van der Waals surface area contributed by atoms with Crippen molar-refractivity contribution in [1.82, 2.24) is 0 Å². The number of anilines is 2. The Morgan fingerprint density at radius 2 is 2.05 bits per heavy atom. The molecule has 0 bridgehead atoms. The second kappa shape index (κ2) is 7.75. The van der Waals surface area contributed by atoms with E-state index in [1.807, 2.05) is 0 Å². The average Bonchev–Trinajstić information content (AvgIpc) is 2.38. The van der Waals surface area contributed by atoms with Crippen LogP contribution in [0.25, 0.3) is 0 Å². The average molecular weight is 304 g/mol. The number of rotatable bonds is 7. The number of unbranched alkanes of at least 4 members (excludes halogenated alkanes) is 1. The minimum absolute atomic E-state index is 0.0419. The Labute approximate surface area is 121 Å². The van der Waals surface area contributed by atoms with E-state index in [0.717, 1.165) is 0 Å². The highest BCUT2D eigenvalue weighted by Gasteiger charge is 2.25. The van der Waals surface area contributed by atoms with Crippen LogP contribution in [0.15, 0.2) is 18.2 Å². The number of hydrogen-bond donors (Lipinski definition) is 2. The molecule has 0 radical (unpaired) electrons. The lowest BCUT2D eigenvalue weighted by atomic mass is 10.1. The van der Waals surface area contributed by atoms with E-state index in [0.29, 0.717) is 24.3 Å². The van der Waals surface area contributed by atoms with Gasteiger partial charge in [-0.1, -0.05) is 0 Å². The van der Waals surface area contributed by atoms with E-state index in [1.165, 1.54) is 6.07 Å². The summed E-state index contributed by atoms with van der Waals surface area (Å²) in [6.07, 6.45) is -4.54. The van der Waals surface area contributed by atoms with Crippen LogP contribution in [-0.2, 0) is 4.74 Å². The lowest BCUT2D eigenvalue weighted by Crippen LogP contribution is -2.12. The number of carbonyl (C=O) groups excluding carboxylic acids is 1. The van der Waals surface area contributed by atoms with E-state index in [-0.39, 0.29) is 18.6 Å². The highest BCUT2D eigenvalue weighted by molar-refractivity contribution is 5.96. The van der Waals surface area contributed by atoms with Gasteiger partial charge in [0.25, 0.3) is 0 Å². The summed E-state index contributed by atoms with van der Waals surface area (Å²) in [5.74, 6) is -0.511. The highest BCUT2D eigenvalue weighted by Crippen LogP contribution is 2.23. The number of ether oxygens (including phenoxy) is 1. The number of benzene rings is 1. The number of nitrogens with two attached hydrogens (primary N) is 1. The van der Waals surface area contributed by atoms with Gasteiger partial charge in [-0.3, -0.25) is 0 Å². The molecule has 21 heavy (non-hydrogen) atoms. The monoisotopic (exact) mass is 304 g/mol. The zero-order valence-electron chi connectivity index (χ0n) is 11.8. The van der Waals surface area contributed by atoms with E-state index >= 15 is 0 Å². The van der Waals surface area contributed by atoms with Gasteiger partial charge in [0.05, 0.1) is 12.2 Å². The minimum atomic E-state index is -4.13. The lowest BCUT2D eigenvalue weighted by molar-refractivity contribution is -0.135. The Balaban J connectivity index is 2.56. The Kier molecular flexibility index (Phi) is 6.33. The van der Waals surface area contributed by atoms with Crippen molar-refractivity contribution in [3.05, 3.63) is 23.8 Å². The normalized spacial score (nSPS) is 11.2. The van der Waals surface area contributed by atoms with Crippen LogP contribution in [-0.4, -0.2) is 25.3 Å². The molecule has 7 heteroatoms. The molecule has 0 amide bonds. The summed E-state index contributed by atoms with van der Waals surface area (Å²) in [5, 5.41) is 2.94. The van der Waals surface area contributed by atoms with Gasteiger partial charge >= 0.3 is 12.1 Å². The van der Waals surface area contributed by atoms with E-state index in [9.17, 15) is 18.0 Å². The first-order valence-corrected chi connectivity index (χ1v) is 6.70. The van der Waals surface area contributed by atoms with Crippen LogP contribution in [0.4, 0.5) is 24.5 Å². The molecule has 0 heterocycles. The van der Waals surface area contributed by atoms with E-state index in [4.69, 9.17) is 10.5 Å². The van der Waals surface area contributed by atoms with Gasteiger partial charge in [0, 0.05) is 24.3 Å². The van der Waals surface area contributed by atoms with Crippen LogP contribution in [0.3, 0.4) is 0 Å². The fourth-order valence-electron chi connectivity index (χ4n) is 1.77. The van der Waals surface area contributed by atoms with Crippen molar-refractivity contribution in [3.8, 4) is 0 Å². The number of nitrogen functional groups attached to an aromatic ring is 1. The molecule has 1 aromatic rings. The molecule has 118 valence electrons. The Bertz CT molecular complexity index is 476. The van der Waals surface area contributed by atoms with Crippen molar-refractivity contribution >= 4 is 17.3 Å². The number of hydrogen-bond acceptors (Lipinski definition) is 4. The fourth-order valence-corrected chi connectivity index (χ4v) is 1.77. The van der Waals surface area contributed by atoms with Crippen molar-refractivity contribution in [2.24, 2.45) is 0 Å². The molecule has 0 aromatic heterocycles. The van der Waals surface area contributed by atoms with Gasteiger partial charge in [-0.25, -0.2) is 4.79 Å². The third-order valence-corrected chi connectivity index (χ3v) is 2.74. The first kappa shape index (κ1) is 17.1. The molecule has 0 aliphatic rings. The third-order valence-electron chi connectivity index (χ3n) is 2.74. The molecule has 0 fully saturated rings. The summed E-state index contributed by atoms with van der Waals surface area (Å²) in [4.78, 5) is 11.8. The van der Waals surface area contributed by atoms with Crippen LogP contribution in [0, 0.1) is 0 Å². The summed E-state index contributed by atoms with van der Waals surface area (Å²) in [6.45, 7) is 2.26. The maximum atomic E-state index is 12.0. The van der Waals surface area contributed by atoms with Crippen LogP contribution in [0.1, 0.15) is 36.5 Å². The SMILES string of the molecule is CCOC(=O)c1cc(N)ccc1NCCCCC(F)(F)F. The number of carbonyl (C=O) groups is 1. The van der Waals surface area contributed by atoms with E-state index < -0.39 is 18.6 Å². The number of halogens is 3. The summed E-state index contributed by atoms with van der Waals surface area (Å²) in [5.41, 5.74) is 6.84. The van der Waals surface area contributed by atoms with Crippen LogP contribution >= 0.6 is 0 Å². The molecule has 0 saturated heterocycles. The molecule has 0 atom stereocenters. The third kappa shape index (κ3) is 6.37. The highest BCUT2D eigenvalue weighted by atomic mass is 19.4. The Morgan fingerprint density at radius 1 is 1.33 bits per heavy atom. The second-order valence-electron chi connectivity index (χ2n) is 4.52. The van der Waals surface area contributed by atoms with Crippen LogP contribution < -0.4 is 11.1 Å². The maximum absolute atomic E-state index is 12.0. The van der Waals surface area contributed by atoms with Crippen LogP contribution in [0.5, 0.6) is 0 Å².